The van der Waals surface area contributed by atoms with Gasteiger partial charge in [-0.1, -0.05) is 24.7 Å². The molecule has 2 rings (SSSR count). The molecular formula is C14H17N3O. The molecule has 0 aromatic carbocycles. The molecule has 0 spiro atoms. The van der Waals surface area contributed by atoms with Crippen molar-refractivity contribution in [2.24, 2.45) is 5.73 Å². The predicted molar refractivity (Wildman–Crippen MR) is 69.9 cm³/mol. The topological polar surface area (TPSA) is 68.0 Å². The SMILES string of the molecule is NCC#Cc1cccnc1C(=O)NC1CCCC1. The standard InChI is InChI=1S/C14H17N3O/c15-9-3-5-11-6-4-10-16-13(11)14(18)17-12-7-1-2-8-12/h4,6,10,12H,1-2,7-9,15H2,(H,17,18). The van der Waals surface area contributed by atoms with E-state index in [9.17, 15) is 4.79 Å². The summed E-state index contributed by atoms with van der Waals surface area (Å²) in [4.78, 5) is 16.2. The minimum absolute atomic E-state index is 0.135. The van der Waals surface area contributed by atoms with Crippen molar-refractivity contribution >= 4 is 5.91 Å². The summed E-state index contributed by atoms with van der Waals surface area (Å²) in [5, 5.41) is 3.01. The van der Waals surface area contributed by atoms with Gasteiger partial charge in [-0.2, -0.15) is 0 Å². The quantitative estimate of drug-likeness (QED) is 0.763. The number of carbonyl (C=O) groups excluding carboxylic acids is 1. The molecular weight excluding hydrogens is 226 g/mol. The van der Waals surface area contributed by atoms with E-state index in [1.807, 2.05) is 0 Å². The van der Waals surface area contributed by atoms with Crippen LogP contribution in [0.5, 0.6) is 0 Å². The highest BCUT2D eigenvalue weighted by Crippen LogP contribution is 2.18. The second-order valence-electron chi connectivity index (χ2n) is 4.36. The summed E-state index contributed by atoms with van der Waals surface area (Å²) in [5.41, 5.74) is 6.37. The molecule has 1 heterocycles. The van der Waals surface area contributed by atoms with Gasteiger partial charge in [-0.3, -0.25) is 4.79 Å². The molecule has 1 amide bonds. The molecule has 0 atom stereocenters. The lowest BCUT2D eigenvalue weighted by Crippen LogP contribution is -2.33. The number of pyridine rings is 1. The van der Waals surface area contributed by atoms with Crippen LogP contribution >= 0.6 is 0 Å². The van der Waals surface area contributed by atoms with Crippen LogP contribution in [-0.2, 0) is 0 Å². The fourth-order valence-corrected chi connectivity index (χ4v) is 2.16. The van der Waals surface area contributed by atoms with Gasteiger partial charge in [0.2, 0.25) is 0 Å². The Hall–Kier alpha value is -1.86. The van der Waals surface area contributed by atoms with Crippen LogP contribution in [0.15, 0.2) is 18.3 Å². The number of rotatable bonds is 2. The fraction of sp³-hybridized carbons (Fsp3) is 0.429. The maximum Gasteiger partial charge on any atom is 0.271 e. The Morgan fingerprint density at radius 1 is 1.50 bits per heavy atom. The Morgan fingerprint density at radius 3 is 3.00 bits per heavy atom. The van der Waals surface area contributed by atoms with Crippen molar-refractivity contribution in [1.29, 1.82) is 0 Å². The van der Waals surface area contributed by atoms with E-state index in [-0.39, 0.29) is 18.5 Å². The number of hydrogen-bond acceptors (Lipinski definition) is 3. The summed E-state index contributed by atoms with van der Waals surface area (Å²) in [5.74, 6) is 5.50. The van der Waals surface area contributed by atoms with Crippen molar-refractivity contribution in [2.75, 3.05) is 6.54 Å². The summed E-state index contributed by atoms with van der Waals surface area (Å²) >= 11 is 0. The van der Waals surface area contributed by atoms with Crippen LogP contribution in [0.2, 0.25) is 0 Å². The van der Waals surface area contributed by atoms with Gasteiger partial charge in [-0.25, -0.2) is 4.98 Å². The van der Waals surface area contributed by atoms with Gasteiger partial charge in [0.1, 0.15) is 5.69 Å². The molecule has 1 aromatic heterocycles. The maximum atomic E-state index is 12.1. The van der Waals surface area contributed by atoms with Gasteiger partial charge < -0.3 is 11.1 Å². The zero-order valence-corrected chi connectivity index (χ0v) is 10.3. The highest BCUT2D eigenvalue weighted by atomic mass is 16.1. The smallest absolute Gasteiger partial charge is 0.271 e. The third-order valence-electron chi connectivity index (χ3n) is 3.04. The van der Waals surface area contributed by atoms with E-state index in [1.54, 1.807) is 18.3 Å². The van der Waals surface area contributed by atoms with Crippen LogP contribution in [0.1, 0.15) is 41.7 Å². The van der Waals surface area contributed by atoms with E-state index in [4.69, 9.17) is 5.73 Å². The Bertz CT molecular complexity index is 481. The number of hydrogen-bond donors (Lipinski definition) is 2. The molecule has 1 aliphatic carbocycles. The van der Waals surface area contributed by atoms with Gasteiger partial charge in [-0.05, 0) is 25.0 Å². The zero-order valence-electron chi connectivity index (χ0n) is 10.3. The van der Waals surface area contributed by atoms with E-state index in [2.05, 4.69) is 22.1 Å². The molecule has 18 heavy (non-hydrogen) atoms. The van der Waals surface area contributed by atoms with Crippen molar-refractivity contribution in [2.45, 2.75) is 31.7 Å². The van der Waals surface area contributed by atoms with E-state index >= 15 is 0 Å². The molecule has 0 aliphatic heterocycles. The Labute approximate surface area is 107 Å². The molecule has 0 radical (unpaired) electrons. The van der Waals surface area contributed by atoms with Crippen LogP contribution in [-0.4, -0.2) is 23.5 Å². The lowest BCUT2D eigenvalue weighted by molar-refractivity contribution is 0.0932. The van der Waals surface area contributed by atoms with Crippen LogP contribution < -0.4 is 11.1 Å². The van der Waals surface area contributed by atoms with Gasteiger partial charge in [-0.15, -0.1) is 0 Å². The first kappa shape index (κ1) is 12.6. The third kappa shape index (κ3) is 3.08. The predicted octanol–water partition coefficient (Wildman–Crippen LogP) is 1.06. The molecule has 0 saturated heterocycles. The van der Waals surface area contributed by atoms with Gasteiger partial charge in [0.15, 0.2) is 0 Å². The lowest BCUT2D eigenvalue weighted by atomic mass is 10.1. The van der Waals surface area contributed by atoms with E-state index in [1.165, 1.54) is 12.8 Å². The average molecular weight is 243 g/mol. The molecule has 3 N–H and O–H groups in total. The molecule has 1 saturated carbocycles. The molecule has 1 fully saturated rings. The van der Waals surface area contributed by atoms with Gasteiger partial charge in [0, 0.05) is 12.2 Å². The zero-order chi connectivity index (χ0) is 12.8. The molecule has 1 aromatic rings. The first-order chi connectivity index (χ1) is 8.81. The van der Waals surface area contributed by atoms with E-state index in [0.29, 0.717) is 11.3 Å². The number of aromatic nitrogens is 1. The average Bonchev–Trinajstić information content (AvgIpc) is 2.89. The molecule has 94 valence electrons. The lowest BCUT2D eigenvalue weighted by Gasteiger charge is -2.11. The Morgan fingerprint density at radius 2 is 2.28 bits per heavy atom. The fourth-order valence-electron chi connectivity index (χ4n) is 2.16. The second kappa shape index (κ2) is 6.18. The van der Waals surface area contributed by atoms with Crippen molar-refractivity contribution < 1.29 is 4.79 Å². The van der Waals surface area contributed by atoms with Gasteiger partial charge in [0.25, 0.3) is 5.91 Å². The number of amides is 1. The summed E-state index contributed by atoms with van der Waals surface area (Å²) in [6.45, 7) is 0.276. The summed E-state index contributed by atoms with van der Waals surface area (Å²) < 4.78 is 0. The van der Waals surface area contributed by atoms with Crippen molar-refractivity contribution in [3.05, 3.63) is 29.6 Å². The highest BCUT2D eigenvalue weighted by Gasteiger charge is 2.19. The third-order valence-corrected chi connectivity index (χ3v) is 3.04. The first-order valence-electron chi connectivity index (χ1n) is 6.26. The van der Waals surface area contributed by atoms with Crippen molar-refractivity contribution in [3.8, 4) is 11.8 Å². The summed E-state index contributed by atoms with van der Waals surface area (Å²) in [6, 6.07) is 3.85. The number of nitrogens with one attached hydrogen (secondary N) is 1. The summed E-state index contributed by atoms with van der Waals surface area (Å²) in [7, 11) is 0. The van der Waals surface area contributed by atoms with Crippen LogP contribution in [0.3, 0.4) is 0 Å². The molecule has 4 heteroatoms. The van der Waals surface area contributed by atoms with Crippen molar-refractivity contribution in [3.63, 3.8) is 0 Å². The number of carbonyl (C=O) groups is 1. The molecule has 1 aliphatic rings. The van der Waals surface area contributed by atoms with Gasteiger partial charge >= 0.3 is 0 Å². The second-order valence-corrected chi connectivity index (χ2v) is 4.36. The van der Waals surface area contributed by atoms with Crippen LogP contribution in [0.4, 0.5) is 0 Å². The largest absolute Gasteiger partial charge is 0.348 e. The highest BCUT2D eigenvalue weighted by molar-refractivity contribution is 5.94. The monoisotopic (exact) mass is 243 g/mol. The normalized spacial score (nSPS) is 14.9. The Kier molecular flexibility index (Phi) is 4.32. The number of nitrogens with zero attached hydrogens (tertiary/aromatic N) is 1. The van der Waals surface area contributed by atoms with Crippen molar-refractivity contribution in [1.82, 2.24) is 10.3 Å². The number of nitrogens with two attached hydrogens (primary N) is 1. The van der Waals surface area contributed by atoms with E-state index in [0.717, 1.165) is 12.8 Å². The first-order valence-corrected chi connectivity index (χ1v) is 6.26. The minimum Gasteiger partial charge on any atom is -0.348 e. The molecule has 0 unspecified atom stereocenters. The Balaban J connectivity index is 2.13. The minimum atomic E-state index is -0.135. The molecule has 4 nitrogen and oxygen atoms in total. The molecule has 0 bridgehead atoms. The van der Waals surface area contributed by atoms with E-state index < -0.39 is 0 Å². The van der Waals surface area contributed by atoms with Crippen LogP contribution in [0.25, 0.3) is 0 Å². The summed E-state index contributed by atoms with van der Waals surface area (Å²) in [6.07, 6.45) is 6.10. The maximum absolute atomic E-state index is 12.1. The van der Waals surface area contributed by atoms with Crippen LogP contribution in [0, 0.1) is 11.8 Å². The van der Waals surface area contributed by atoms with Gasteiger partial charge in [0.05, 0.1) is 12.1 Å².